The standard InChI is InChI=1S/C19H17Cl2F4N3O2/c20-12-2-1-8-26-14(12)16(18(30)6-3-10(22)4-7-18)28-17(29)15-13(21)11(5-9-27-15)19(23,24)25/h1-2,5,8-10,16,30H,3-4,6-7H2,(H,28,29)/t10-,16?,18+. The summed E-state index contributed by atoms with van der Waals surface area (Å²) >= 11 is 12.0. The minimum Gasteiger partial charge on any atom is -0.387 e. The van der Waals surface area contributed by atoms with Crippen LogP contribution in [0.15, 0.2) is 30.6 Å². The molecule has 1 amide bonds. The molecular formula is C19H17Cl2F4N3O2. The highest BCUT2D eigenvalue weighted by Crippen LogP contribution is 2.41. The van der Waals surface area contributed by atoms with Crippen LogP contribution in [0.1, 0.15) is 53.5 Å². The van der Waals surface area contributed by atoms with E-state index >= 15 is 0 Å². The quantitative estimate of drug-likeness (QED) is 0.628. The van der Waals surface area contributed by atoms with Crippen LogP contribution in [0.25, 0.3) is 0 Å². The summed E-state index contributed by atoms with van der Waals surface area (Å²) in [5.74, 6) is -1.05. The van der Waals surface area contributed by atoms with E-state index in [1.807, 2.05) is 0 Å². The molecule has 2 aromatic heterocycles. The molecule has 0 aliphatic heterocycles. The van der Waals surface area contributed by atoms with E-state index in [-0.39, 0.29) is 36.4 Å². The van der Waals surface area contributed by atoms with E-state index in [1.165, 1.54) is 12.3 Å². The molecular weight excluding hydrogens is 449 g/mol. The summed E-state index contributed by atoms with van der Waals surface area (Å²) in [4.78, 5) is 20.6. The molecule has 1 saturated carbocycles. The molecule has 0 radical (unpaired) electrons. The Morgan fingerprint density at radius 3 is 2.47 bits per heavy atom. The molecule has 30 heavy (non-hydrogen) atoms. The van der Waals surface area contributed by atoms with Gasteiger partial charge in [0.15, 0.2) is 0 Å². The number of carbonyl (C=O) groups is 1. The molecule has 2 heterocycles. The van der Waals surface area contributed by atoms with E-state index in [2.05, 4.69) is 15.3 Å². The molecule has 162 valence electrons. The summed E-state index contributed by atoms with van der Waals surface area (Å²) in [5, 5.41) is 12.9. The maximum atomic E-state index is 13.6. The van der Waals surface area contributed by atoms with Gasteiger partial charge in [0.2, 0.25) is 0 Å². The molecule has 1 fully saturated rings. The van der Waals surface area contributed by atoms with Gasteiger partial charge in [-0.15, -0.1) is 0 Å². The first-order chi connectivity index (χ1) is 14.0. The van der Waals surface area contributed by atoms with E-state index in [9.17, 15) is 27.5 Å². The predicted molar refractivity (Wildman–Crippen MR) is 102 cm³/mol. The van der Waals surface area contributed by atoms with Crippen molar-refractivity contribution >= 4 is 29.1 Å². The molecule has 1 aliphatic rings. The Kier molecular flexibility index (Phi) is 6.54. The molecule has 5 nitrogen and oxygen atoms in total. The maximum absolute atomic E-state index is 13.6. The third-order valence-corrected chi connectivity index (χ3v) is 5.77. The second-order valence-corrected chi connectivity index (χ2v) is 7.86. The van der Waals surface area contributed by atoms with Crippen molar-refractivity contribution in [3.8, 4) is 0 Å². The van der Waals surface area contributed by atoms with Gasteiger partial charge in [0, 0.05) is 12.4 Å². The van der Waals surface area contributed by atoms with Crippen LogP contribution in [-0.2, 0) is 6.18 Å². The first kappa shape index (κ1) is 22.7. The highest BCUT2D eigenvalue weighted by Gasteiger charge is 2.44. The average Bonchev–Trinajstić information content (AvgIpc) is 2.68. The van der Waals surface area contributed by atoms with Crippen LogP contribution in [-0.4, -0.2) is 32.8 Å². The first-order valence-electron chi connectivity index (χ1n) is 9.02. The lowest BCUT2D eigenvalue weighted by molar-refractivity contribution is -0.137. The second-order valence-electron chi connectivity index (χ2n) is 7.07. The molecule has 11 heteroatoms. The molecule has 0 spiro atoms. The molecule has 0 saturated heterocycles. The maximum Gasteiger partial charge on any atom is 0.417 e. The number of halogens is 6. The van der Waals surface area contributed by atoms with E-state index < -0.39 is 46.2 Å². The molecule has 2 aromatic rings. The van der Waals surface area contributed by atoms with Crippen LogP contribution >= 0.6 is 23.2 Å². The lowest BCUT2D eigenvalue weighted by Gasteiger charge is -2.40. The Morgan fingerprint density at radius 1 is 1.20 bits per heavy atom. The summed E-state index contributed by atoms with van der Waals surface area (Å²) in [7, 11) is 0. The Hall–Kier alpha value is -1.97. The van der Waals surface area contributed by atoms with Gasteiger partial charge in [-0.1, -0.05) is 23.2 Å². The monoisotopic (exact) mass is 465 g/mol. The second kappa shape index (κ2) is 8.64. The molecule has 0 bridgehead atoms. The number of nitrogens with one attached hydrogen (secondary N) is 1. The number of amides is 1. The van der Waals surface area contributed by atoms with Crippen LogP contribution in [0, 0.1) is 0 Å². The van der Waals surface area contributed by atoms with Crippen LogP contribution in [0.5, 0.6) is 0 Å². The molecule has 1 atom stereocenters. The van der Waals surface area contributed by atoms with E-state index in [0.29, 0.717) is 6.07 Å². The van der Waals surface area contributed by atoms with Crippen molar-refractivity contribution in [1.82, 2.24) is 15.3 Å². The number of nitrogens with zero attached hydrogens (tertiary/aromatic N) is 2. The van der Waals surface area contributed by atoms with Crippen molar-refractivity contribution in [3.05, 3.63) is 57.6 Å². The van der Waals surface area contributed by atoms with Gasteiger partial charge in [0.1, 0.15) is 17.9 Å². The van der Waals surface area contributed by atoms with Gasteiger partial charge in [-0.05, 0) is 43.9 Å². The van der Waals surface area contributed by atoms with E-state index in [0.717, 1.165) is 6.20 Å². The molecule has 3 rings (SSSR count). The summed E-state index contributed by atoms with van der Waals surface area (Å²) in [6, 6.07) is 2.47. The molecule has 0 aromatic carbocycles. The number of rotatable bonds is 4. The van der Waals surface area contributed by atoms with Crippen LogP contribution < -0.4 is 5.32 Å². The SMILES string of the molecule is O=C(NC(c1ncccc1Cl)[C@]1(O)CC[C@@H](F)CC1)c1nccc(C(F)(F)F)c1Cl. The lowest BCUT2D eigenvalue weighted by atomic mass is 9.77. The fourth-order valence-electron chi connectivity index (χ4n) is 3.46. The van der Waals surface area contributed by atoms with Crippen molar-refractivity contribution < 1.29 is 27.5 Å². The van der Waals surface area contributed by atoms with Gasteiger partial charge < -0.3 is 10.4 Å². The van der Waals surface area contributed by atoms with Crippen LogP contribution in [0.4, 0.5) is 17.6 Å². The van der Waals surface area contributed by atoms with Crippen molar-refractivity contribution in [2.24, 2.45) is 0 Å². The number of carbonyl (C=O) groups excluding carboxylic acids is 1. The average molecular weight is 466 g/mol. The Balaban J connectivity index is 1.98. The Labute approximate surface area is 179 Å². The number of aliphatic hydroxyl groups is 1. The third kappa shape index (κ3) is 4.68. The third-order valence-electron chi connectivity index (χ3n) is 5.06. The molecule has 2 N–H and O–H groups in total. The number of hydrogen-bond donors (Lipinski definition) is 2. The first-order valence-corrected chi connectivity index (χ1v) is 9.78. The normalized spacial score (nSPS) is 23.1. The Bertz CT molecular complexity index is 934. The Morgan fingerprint density at radius 2 is 1.87 bits per heavy atom. The van der Waals surface area contributed by atoms with Gasteiger partial charge in [-0.25, -0.2) is 9.37 Å². The van der Waals surface area contributed by atoms with E-state index in [4.69, 9.17) is 23.2 Å². The smallest absolute Gasteiger partial charge is 0.387 e. The number of alkyl halides is 4. The summed E-state index contributed by atoms with van der Waals surface area (Å²) in [6.07, 6.45) is -3.58. The number of aromatic nitrogens is 2. The van der Waals surface area contributed by atoms with Gasteiger partial charge in [-0.2, -0.15) is 13.2 Å². The van der Waals surface area contributed by atoms with Gasteiger partial charge >= 0.3 is 6.18 Å². The summed E-state index contributed by atoms with van der Waals surface area (Å²) in [6.45, 7) is 0. The molecule has 1 aliphatic carbocycles. The van der Waals surface area contributed by atoms with Crippen molar-refractivity contribution in [2.75, 3.05) is 0 Å². The highest BCUT2D eigenvalue weighted by molar-refractivity contribution is 6.34. The lowest BCUT2D eigenvalue weighted by Crippen LogP contribution is -2.49. The topological polar surface area (TPSA) is 75.1 Å². The zero-order chi connectivity index (χ0) is 22.1. The van der Waals surface area contributed by atoms with Crippen LogP contribution in [0.3, 0.4) is 0 Å². The van der Waals surface area contributed by atoms with Crippen molar-refractivity contribution in [3.63, 3.8) is 0 Å². The predicted octanol–water partition coefficient (Wildman–Crippen LogP) is 4.92. The minimum atomic E-state index is -4.78. The number of hydrogen-bond acceptors (Lipinski definition) is 4. The summed E-state index contributed by atoms with van der Waals surface area (Å²) < 4.78 is 53.0. The molecule has 1 unspecified atom stereocenters. The van der Waals surface area contributed by atoms with Gasteiger partial charge in [0.05, 0.1) is 26.9 Å². The fraction of sp³-hybridized carbons (Fsp3) is 0.421. The number of pyridine rings is 2. The van der Waals surface area contributed by atoms with Crippen molar-refractivity contribution in [1.29, 1.82) is 0 Å². The fourth-order valence-corrected chi connectivity index (χ4v) is 3.99. The van der Waals surface area contributed by atoms with Crippen LogP contribution in [0.2, 0.25) is 10.0 Å². The minimum absolute atomic E-state index is 0.00420. The van der Waals surface area contributed by atoms with Crippen molar-refractivity contribution in [2.45, 2.75) is 49.7 Å². The zero-order valence-electron chi connectivity index (χ0n) is 15.4. The zero-order valence-corrected chi connectivity index (χ0v) is 16.9. The van der Waals surface area contributed by atoms with E-state index in [1.54, 1.807) is 6.07 Å². The van der Waals surface area contributed by atoms with Gasteiger partial charge in [0.25, 0.3) is 5.91 Å². The highest BCUT2D eigenvalue weighted by atomic mass is 35.5. The summed E-state index contributed by atoms with van der Waals surface area (Å²) in [5.41, 5.74) is -3.38. The van der Waals surface area contributed by atoms with Gasteiger partial charge in [-0.3, -0.25) is 9.78 Å². The largest absolute Gasteiger partial charge is 0.417 e.